The summed E-state index contributed by atoms with van der Waals surface area (Å²) in [4.78, 5) is 5.51. The minimum absolute atomic E-state index is 0.881. The monoisotopic (exact) mass is 707 g/mol. The molecule has 0 unspecified atom stereocenters. The van der Waals surface area contributed by atoms with Crippen LogP contribution in [0.15, 0.2) is 180 Å². The third kappa shape index (κ3) is 4.21. The average Bonchev–Trinajstić information content (AvgIpc) is 3.99. The minimum Gasteiger partial charge on any atom is -0.456 e. The van der Waals surface area contributed by atoms with Gasteiger partial charge in [-0.1, -0.05) is 133 Å². The van der Waals surface area contributed by atoms with Crippen LogP contribution >= 0.6 is 11.3 Å². The number of hydrogen-bond donors (Lipinski definition) is 0. The van der Waals surface area contributed by atoms with Gasteiger partial charge in [0.2, 0.25) is 0 Å². The Morgan fingerprint density at radius 2 is 1.04 bits per heavy atom. The number of hydrogen-bond acceptors (Lipinski definition) is 3. The van der Waals surface area contributed by atoms with Gasteiger partial charge in [0.15, 0.2) is 5.13 Å². The Balaban J connectivity index is 1.11. The van der Waals surface area contributed by atoms with E-state index in [1.807, 2.05) is 6.07 Å². The SMILES string of the molecule is c1ccc(-c2cc3oc4ccccc4c3c3sc(-n4c5ccccc5c5ccc(-c6ccc7c(c6)c6ccccc6n7-c6ccccc6)cc54)nc23)cc1. The Labute approximate surface area is 313 Å². The fourth-order valence-corrected chi connectivity index (χ4v) is 9.73. The predicted octanol–water partition coefficient (Wildman–Crippen LogP) is 13.7. The van der Waals surface area contributed by atoms with Crippen molar-refractivity contribution < 1.29 is 4.42 Å². The number of furan rings is 1. The van der Waals surface area contributed by atoms with Crippen molar-refractivity contribution in [3.8, 4) is 33.1 Å². The lowest BCUT2D eigenvalue weighted by atomic mass is 10.0. The molecule has 0 radical (unpaired) electrons. The van der Waals surface area contributed by atoms with E-state index in [0.717, 1.165) is 65.1 Å². The molecule has 0 aliphatic rings. The molecular weight excluding hydrogens is 679 g/mol. The summed E-state index contributed by atoms with van der Waals surface area (Å²) < 4.78 is 12.3. The number of thiazole rings is 1. The predicted molar refractivity (Wildman–Crippen MR) is 226 cm³/mol. The summed E-state index contributed by atoms with van der Waals surface area (Å²) in [6.45, 7) is 0. The molecule has 0 fully saturated rings. The summed E-state index contributed by atoms with van der Waals surface area (Å²) in [5.41, 5.74) is 13.1. The fourth-order valence-electron chi connectivity index (χ4n) is 8.56. The number of aromatic nitrogens is 3. The van der Waals surface area contributed by atoms with Crippen LogP contribution < -0.4 is 0 Å². The fraction of sp³-hybridized carbons (Fsp3) is 0. The molecule has 0 spiro atoms. The minimum atomic E-state index is 0.881. The van der Waals surface area contributed by atoms with Crippen LogP contribution in [0.5, 0.6) is 0 Å². The second-order valence-electron chi connectivity index (χ2n) is 13.9. The maximum atomic E-state index is 6.48. The van der Waals surface area contributed by atoms with Gasteiger partial charge in [0.1, 0.15) is 11.2 Å². The van der Waals surface area contributed by atoms with Gasteiger partial charge >= 0.3 is 0 Å². The van der Waals surface area contributed by atoms with Gasteiger partial charge < -0.3 is 8.98 Å². The van der Waals surface area contributed by atoms with E-state index in [1.54, 1.807) is 11.3 Å². The first-order chi connectivity index (χ1) is 26.8. The maximum absolute atomic E-state index is 6.48. The smallest absolute Gasteiger partial charge is 0.195 e. The normalized spacial score (nSPS) is 12.1. The number of rotatable bonds is 4. The van der Waals surface area contributed by atoms with Crippen molar-refractivity contribution in [1.29, 1.82) is 0 Å². The zero-order valence-electron chi connectivity index (χ0n) is 28.9. The van der Waals surface area contributed by atoms with E-state index in [2.05, 4.69) is 179 Å². The summed E-state index contributed by atoms with van der Waals surface area (Å²) in [5, 5.41) is 8.07. The molecule has 0 aliphatic carbocycles. The van der Waals surface area contributed by atoms with Crippen molar-refractivity contribution in [2.75, 3.05) is 0 Å². The lowest BCUT2D eigenvalue weighted by Gasteiger charge is -2.09. The topological polar surface area (TPSA) is 35.9 Å². The van der Waals surface area contributed by atoms with Crippen LogP contribution in [0.2, 0.25) is 0 Å². The molecule has 4 nitrogen and oxygen atoms in total. The second-order valence-corrected chi connectivity index (χ2v) is 14.9. The molecule has 0 amide bonds. The molecule has 12 aromatic rings. The van der Waals surface area contributed by atoms with E-state index >= 15 is 0 Å². The Bertz CT molecular complexity index is 3440. The van der Waals surface area contributed by atoms with Crippen molar-refractivity contribution in [3.05, 3.63) is 176 Å². The molecule has 0 N–H and O–H groups in total. The van der Waals surface area contributed by atoms with Crippen LogP contribution in [0.4, 0.5) is 0 Å². The van der Waals surface area contributed by atoms with Crippen LogP contribution in [0.1, 0.15) is 0 Å². The van der Waals surface area contributed by atoms with E-state index in [1.165, 1.54) is 43.7 Å². The zero-order valence-corrected chi connectivity index (χ0v) is 29.7. The van der Waals surface area contributed by atoms with Gasteiger partial charge in [0.05, 0.1) is 32.3 Å². The standard InChI is InChI=1S/C49H29N3OS/c1-3-13-30(14-4-1)38-29-45-46(37-19-9-12-22-44(37)53-45)48-47(38)50-49(54-48)52-41-21-11-7-17-34(41)36-25-23-32(28-43(36)52)31-24-26-42-39(27-31)35-18-8-10-20-40(35)51(42)33-15-5-2-6-16-33/h1-29H. The van der Waals surface area contributed by atoms with Crippen LogP contribution in [0.3, 0.4) is 0 Å². The second kappa shape index (κ2) is 11.3. The molecule has 4 aromatic heterocycles. The molecule has 54 heavy (non-hydrogen) atoms. The highest BCUT2D eigenvalue weighted by atomic mass is 32.1. The van der Waals surface area contributed by atoms with E-state index in [9.17, 15) is 0 Å². The van der Waals surface area contributed by atoms with Crippen LogP contribution in [0, 0.1) is 0 Å². The lowest BCUT2D eigenvalue weighted by molar-refractivity contribution is 0.669. The van der Waals surface area contributed by atoms with Crippen LogP contribution in [-0.2, 0) is 0 Å². The molecule has 252 valence electrons. The quantitative estimate of drug-likeness (QED) is 0.183. The molecule has 0 aliphatic heterocycles. The van der Waals surface area contributed by atoms with Gasteiger partial charge in [-0.15, -0.1) is 0 Å². The first-order valence-corrected chi connectivity index (χ1v) is 19.0. The highest BCUT2D eigenvalue weighted by Crippen LogP contribution is 2.45. The van der Waals surface area contributed by atoms with Crippen LogP contribution in [0.25, 0.3) is 109 Å². The van der Waals surface area contributed by atoms with Gasteiger partial charge in [0.25, 0.3) is 0 Å². The Kier molecular flexibility index (Phi) is 6.18. The number of para-hydroxylation sites is 4. The highest BCUT2D eigenvalue weighted by Gasteiger charge is 2.22. The molecule has 0 saturated carbocycles. The lowest BCUT2D eigenvalue weighted by Crippen LogP contribution is -1.93. The van der Waals surface area contributed by atoms with Crippen molar-refractivity contribution >= 4 is 87.1 Å². The summed E-state index contributed by atoms with van der Waals surface area (Å²) in [5.74, 6) is 0. The Hall–Kier alpha value is -6.95. The first kappa shape index (κ1) is 29.6. The third-order valence-corrected chi connectivity index (χ3v) is 12.0. The highest BCUT2D eigenvalue weighted by molar-refractivity contribution is 7.22. The molecule has 12 rings (SSSR count). The largest absolute Gasteiger partial charge is 0.456 e. The number of fused-ring (bicyclic) bond motifs is 11. The molecule has 0 bridgehead atoms. The van der Waals surface area contributed by atoms with Gasteiger partial charge in [-0.05, 0) is 71.3 Å². The Morgan fingerprint density at radius 3 is 1.85 bits per heavy atom. The number of nitrogens with zero attached hydrogens (tertiary/aromatic N) is 3. The third-order valence-electron chi connectivity index (χ3n) is 11.0. The maximum Gasteiger partial charge on any atom is 0.195 e. The molecule has 8 aromatic carbocycles. The molecule has 4 heterocycles. The van der Waals surface area contributed by atoms with Gasteiger partial charge in [-0.2, -0.15) is 0 Å². The van der Waals surface area contributed by atoms with Crippen LogP contribution in [-0.4, -0.2) is 14.1 Å². The van der Waals surface area contributed by atoms with E-state index < -0.39 is 0 Å². The van der Waals surface area contributed by atoms with Crippen molar-refractivity contribution in [2.24, 2.45) is 0 Å². The summed E-state index contributed by atoms with van der Waals surface area (Å²) in [7, 11) is 0. The summed E-state index contributed by atoms with van der Waals surface area (Å²) in [6, 6.07) is 62.9. The van der Waals surface area contributed by atoms with Gasteiger partial charge in [0, 0.05) is 43.6 Å². The van der Waals surface area contributed by atoms with E-state index in [-0.39, 0.29) is 0 Å². The number of benzene rings is 8. The van der Waals surface area contributed by atoms with E-state index in [4.69, 9.17) is 9.40 Å². The average molecular weight is 708 g/mol. The molecule has 0 atom stereocenters. The van der Waals surface area contributed by atoms with Crippen molar-refractivity contribution in [2.45, 2.75) is 0 Å². The van der Waals surface area contributed by atoms with Crippen molar-refractivity contribution in [3.63, 3.8) is 0 Å². The van der Waals surface area contributed by atoms with E-state index in [0.29, 0.717) is 0 Å². The zero-order chi connectivity index (χ0) is 35.3. The van der Waals surface area contributed by atoms with Crippen molar-refractivity contribution in [1.82, 2.24) is 14.1 Å². The van der Waals surface area contributed by atoms with Gasteiger partial charge in [-0.3, -0.25) is 4.57 Å². The first-order valence-electron chi connectivity index (χ1n) is 18.2. The molecule has 5 heteroatoms. The molecular formula is C49H29N3OS. The summed E-state index contributed by atoms with van der Waals surface area (Å²) >= 11 is 1.74. The van der Waals surface area contributed by atoms with Gasteiger partial charge in [-0.25, -0.2) is 4.98 Å². The summed E-state index contributed by atoms with van der Waals surface area (Å²) in [6.07, 6.45) is 0. The molecule has 0 saturated heterocycles. The Morgan fingerprint density at radius 1 is 0.426 bits per heavy atom.